The summed E-state index contributed by atoms with van der Waals surface area (Å²) >= 11 is 11.5. The van der Waals surface area contributed by atoms with E-state index in [0.29, 0.717) is 6.04 Å². The number of hydrogen-bond donors (Lipinski definition) is 1. The summed E-state index contributed by atoms with van der Waals surface area (Å²) in [5.41, 5.74) is 1.13. The van der Waals surface area contributed by atoms with Gasteiger partial charge in [0.1, 0.15) is 0 Å². The zero-order valence-electron chi connectivity index (χ0n) is 11.0. The molecule has 0 radical (unpaired) electrons. The Kier molecular flexibility index (Phi) is 5.46. The summed E-state index contributed by atoms with van der Waals surface area (Å²) in [5, 5.41) is 4.34. The second-order valence-electron chi connectivity index (χ2n) is 4.73. The van der Waals surface area contributed by atoms with Crippen molar-refractivity contribution in [2.24, 2.45) is 0 Å². The highest BCUT2D eigenvalue weighted by Gasteiger charge is 2.07. The summed E-state index contributed by atoms with van der Waals surface area (Å²) in [6.45, 7) is 5.15. The molecule has 1 N–H and O–H groups in total. The molecule has 1 aromatic carbocycles. The fraction of sp³-hybridized carbons (Fsp3) is 0.333. The molecule has 2 rings (SSSR count). The predicted molar refractivity (Wildman–Crippen MR) is 88.2 cm³/mol. The lowest BCUT2D eigenvalue weighted by atomic mass is 10.1. The van der Waals surface area contributed by atoms with Crippen LogP contribution in [0.3, 0.4) is 0 Å². The molecule has 0 bridgehead atoms. The van der Waals surface area contributed by atoms with Gasteiger partial charge in [0, 0.05) is 31.8 Å². The fourth-order valence-electron chi connectivity index (χ4n) is 1.93. The van der Waals surface area contributed by atoms with Crippen LogP contribution in [0.5, 0.6) is 0 Å². The molecule has 19 heavy (non-hydrogen) atoms. The van der Waals surface area contributed by atoms with Crippen molar-refractivity contribution < 1.29 is 0 Å². The second-order valence-corrected chi connectivity index (χ2v) is 7.43. The molecule has 1 nitrogen and oxygen atoms in total. The molecule has 0 aliphatic carbocycles. The molecule has 1 unspecified atom stereocenters. The van der Waals surface area contributed by atoms with Crippen LogP contribution < -0.4 is 5.32 Å². The van der Waals surface area contributed by atoms with Crippen LogP contribution in [0.4, 0.5) is 0 Å². The molecule has 0 saturated carbocycles. The third-order valence-electron chi connectivity index (χ3n) is 2.95. The molecule has 0 saturated heterocycles. The molecule has 1 heterocycles. The van der Waals surface area contributed by atoms with Crippen LogP contribution in [-0.2, 0) is 13.0 Å². The predicted octanol–water partition coefficient (Wildman–Crippen LogP) is 5.19. The second kappa shape index (κ2) is 6.89. The van der Waals surface area contributed by atoms with E-state index in [4.69, 9.17) is 11.6 Å². The van der Waals surface area contributed by atoms with Crippen molar-refractivity contribution in [1.82, 2.24) is 5.32 Å². The van der Waals surface area contributed by atoms with Gasteiger partial charge in [-0.25, -0.2) is 0 Å². The zero-order chi connectivity index (χ0) is 13.8. The maximum absolute atomic E-state index is 6.18. The van der Waals surface area contributed by atoms with Crippen molar-refractivity contribution in [3.63, 3.8) is 0 Å². The summed E-state index contributed by atoms with van der Waals surface area (Å²) in [5.74, 6) is 0. The Bertz CT molecular complexity index is 553. The van der Waals surface area contributed by atoms with Crippen LogP contribution in [0.25, 0.3) is 0 Å². The van der Waals surface area contributed by atoms with Gasteiger partial charge < -0.3 is 5.32 Å². The standard InChI is InChI=1S/C15H17BrClNS/c1-10(7-14-5-3-11(2)19-14)18-9-12-8-13(16)4-6-15(12)17/h3-6,8,10,18H,7,9H2,1-2H3. The summed E-state index contributed by atoms with van der Waals surface area (Å²) in [7, 11) is 0. The van der Waals surface area contributed by atoms with E-state index in [1.165, 1.54) is 9.75 Å². The first-order valence-corrected chi connectivity index (χ1v) is 8.26. The van der Waals surface area contributed by atoms with Gasteiger partial charge in [0.15, 0.2) is 0 Å². The van der Waals surface area contributed by atoms with E-state index in [1.54, 1.807) is 0 Å². The van der Waals surface area contributed by atoms with Crippen LogP contribution in [0.2, 0.25) is 5.02 Å². The normalized spacial score (nSPS) is 12.6. The van der Waals surface area contributed by atoms with Crippen molar-refractivity contribution in [1.29, 1.82) is 0 Å². The first-order valence-electron chi connectivity index (χ1n) is 6.27. The number of halogens is 2. The molecular weight excluding hydrogens is 342 g/mol. The Morgan fingerprint density at radius 2 is 2.11 bits per heavy atom. The Balaban J connectivity index is 1.89. The van der Waals surface area contributed by atoms with Gasteiger partial charge in [-0.3, -0.25) is 0 Å². The van der Waals surface area contributed by atoms with Gasteiger partial charge in [-0.2, -0.15) is 0 Å². The zero-order valence-corrected chi connectivity index (χ0v) is 14.2. The third-order valence-corrected chi connectivity index (χ3v) is 4.84. The van der Waals surface area contributed by atoms with Crippen LogP contribution in [0.15, 0.2) is 34.8 Å². The topological polar surface area (TPSA) is 12.0 Å². The molecule has 4 heteroatoms. The van der Waals surface area contributed by atoms with E-state index in [0.717, 1.165) is 28.0 Å². The van der Waals surface area contributed by atoms with Gasteiger partial charge in [0.2, 0.25) is 0 Å². The highest BCUT2D eigenvalue weighted by Crippen LogP contribution is 2.21. The van der Waals surface area contributed by atoms with Crippen molar-refractivity contribution in [3.05, 3.63) is 55.1 Å². The minimum atomic E-state index is 0.438. The molecule has 102 valence electrons. The van der Waals surface area contributed by atoms with Gasteiger partial charge in [-0.15, -0.1) is 11.3 Å². The number of benzene rings is 1. The van der Waals surface area contributed by atoms with Crippen molar-refractivity contribution in [2.45, 2.75) is 32.9 Å². The number of nitrogens with one attached hydrogen (secondary N) is 1. The highest BCUT2D eigenvalue weighted by molar-refractivity contribution is 9.10. The Morgan fingerprint density at radius 1 is 1.32 bits per heavy atom. The first-order chi connectivity index (χ1) is 9.04. The van der Waals surface area contributed by atoms with E-state index in [9.17, 15) is 0 Å². The molecule has 2 aromatic rings. The average molecular weight is 359 g/mol. The van der Waals surface area contributed by atoms with Crippen molar-refractivity contribution in [3.8, 4) is 0 Å². The molecule has 0 aliphatic rings. The smallest absolute Gasteiger partial charge is 0.0451 e. The van der Waals surface area contributed by atoms with Gasteiger partial charge in [0.05, 0.1) is 0 Å². The maximum Gasteiger partial charge on any atom is 0.0451 e. The van der Waals surface area contributed by atoms with E-state index < -0.39 is 0 Å². The Hall–Kier alpha value is -0.350. The number of hydrogen-bond acceptors (Lipinski definition) is 2. The lowest BCUT2D eigenvalue weighted by molar-refractivity contribution is 0.548. The van der Waals surface area contributed by atoms with Gasteiger partial charge in [0.25, 0.3) is 0 Å². The highest BCUT2D eigenvalue weighted by atomic mass is 79.9. The number of aryl methyl sites for hydroxylation is 1. The minimum absolute atomic E-state index is 0.438. The van der Waals surface area contributed by atoms with Gasteiger partial charge >= 0.3 is 0 Å². The minimum Gasteiger partial charge on any atom is -0.310 e. The monoisotopic (exact) mass is 357 g/mol. The average Bonchev–Trinajstić information content (AvgIpc) is 2.76. The van der Waals surface area contributed by atoms with Crippen LogP contribution >= 0.6 is 38.9 Å². The quantitative estimate of drug-likeness (QED) is 0.775. The lowest BCUT2D eigenvalue weighted by Crippen LogP contribution is -2.27. The SMILES string of the molecule is Cc1ccc(CC(C)NCc2cc(Br)ccc2Cl)s1. The van der Waals surface area contributed by atoms with Gasteiger partial charge in [-0.05, 0) is 56.2 Å². The van der Waals surface area contributed by atoms with E-state index >= 15 is 0 Å². The largest absolute Gasteiger partial charge is 0.310 e. The molecule has 0 spiro atoms. The summed E-state index contributed by atoms with van der Waals surface area (Å²) in [4.78, 5) is 2.80. The lowest BCUT2D eigenvalue weighted by Gasteiger charge is -2.14. The third kappa shape index (κ3) is 4.60. The summed E-state index contributed by atoms with van der Waals surface area (Å²) in [6, 6.07) is 10.8. The van der Waals surface area contributed by atoms with Crippen LogP contribution in [-0.4, -0.2) is 6.04 Å². The van der Waals surface area contributed by atoms with Gasteiger partial charge in [-0.1, -0.05) is 27.5 Å². The fourth-order valence-corrected chi connectivity index (χ4v) is 3.54. The maximum atomic E-state index is 6.18. The number of rotatable bonds is 5. The molecule has 1 aromatic heterocycles. The Morgan fingerprint density at radius 3 is 2.79 bits per heavy atom. The summed E-state index contributed by atoms with van der Waals surface area (Å²) < 4.78 is 1.07. The van der Waals surface area contributed by atoms with Crippen molar-refractivity contribution >= 4 is 38.9 Å². The molecule has 0 amide bonds. The molecule has 1 atom stereocenters. The molecule has 0 aliphatic heterocycles. The van der Waals surface area contributed by atoms with Crippen LogP contribution in [0, 0.1) is 6.92 Å². The Labute approximate surface area is 132 Å². The first kappa shape index (κ1) is 15.0. The summed E-state index contributed by atoms with van der Waals surface area (Å²) in [6.07, 6.45) is 1.06. The van der Waals surface area contributed by atoms with E-state index in [1.807, 2.05) is 23.5 Å². The molecular formula is C15H17BrClNS. The van der Waals surface area contributed by atoms with Crippen molar-refractivity contribution in [2.75, 3.05) is 0 Å². The van der Waals surface area contributed by atoms with Crippen LogP contribution in [0.1, 0.15) is 22.2 Å². The number of thiophene rings is 1. The molecule has 0 fully saturated rings. The van der Waals surface area contributed by atoms with E-state index in [2.05, 4.69) is 53.3 Å². The van der Waals surface area contributed by atoms with E-state index in [-0.39, 0.29) is 0 Å².